The maximum Gasteiger partial charge on any atom is 0.263 e. The number of aryl methyl sites for hydroxylation is 1. The number of pyridine rings is 1. The van der Waals surface area contributed by atoms with E-state index in [9.17, 15) is 8.42 Å². The molecule has 8 heteroatoms. The second kappa shape index (κ2) is 5.71. The van der Waals surface area contributed by atoms with Crippen LogP contribution < -0.4 is 10.5 Å². The largest absolute Gasteiger partial charge is 0.398 e. The Morgan fingerprint density at radius 2 is 1.95 bits per heavy atom. The molecule has 0 saturated carbocycles. The number of sulfonamides is 1. The Morgan fingerprint density at radius 3 is 2.55 bits per heavy atom. The second-order valence-corrected chi connectivity index (χ2v) is 7.56. The third-order valence-corrected chi connectivity index (χ3v) is 5.05. The van der Waals surface area contributed by atoms with Gasteiger partial charge in [0.15, 0.2) is 0 Å². The van der Waals surface area contributed by atoms with E-state index in [4.69, 9.17) is 5.73 Å². The summed E-state index contributed by atoms with van der Waals surface area (Å²) in [6.07, 6.45) is 1.53. The summed E-state index contributed by atoms with van der Waals surface area (Å²) in [6, 6.07) is 6.23. The first-order valence-corrected chi connectivity index (χ1v) is 8.56. The summed E-state index contributed by atoms with van der Waals surface area (Å²) in [5.74, 6) is 0.287. The summed E-state index contributed by atoms with van der Waals surface area (Å²) in [5, 5.41) is 0. The fourth-order valence-corrected chi connectivity index (χ4v) is 3.33. The van der Waals surface area contributed by atoms with Gasteiger partial charge in [0.05, 0.1) is 4.90 Å². The number of nitrogens with one attached hydrogen (secondary N) is 1. The van der Waals surface area contributed by atoms with Crippen molar-refractivity contribution in [2.24, 2.45) is 0 Å². The molecule has 0 atom stereocenters. The smallest absolute Gasteiger partial charge is 0.263 e. The highest BCUT2D eigenvalue weighted by Gasteiger charge is 2.17. The first-order chi connectivity index (χ1) is 9.29. The van der Waals surface area contributed by atoms with E-state index in [0.717, 1.165) is 4.47 Å². The van der Waals surface area contributed by atoms with E-state index < -0.39 is 10.0 Å². The van der Waals surface area contributed by atoms with Gasteiger partial charge in [0, 0.05) is 20.8 Å². The molecule has 2 aromatic rings. The van der Waals surface area contributed by atoms with Crippen LogP contribution in [0, 0.1) is 6.92 Å². The van der Waals surface area contributed by atoms with Crippen LogP contribution in [-0.2, 0) is 10.0 Å². The first kappa shape index (κ1) is 15.3. The van der Waals surface area contributed by atoms with Crippen LogP contribution in [0.15, 0.2) is 44.3 Å². The van der Waals surface area contributed by atoms with Crippen LogP contribution in [-0.4, -0.2) is 13.4 Å². The van der Waals surface area contributed by atoms with E-state index in [1.54, 1.807) is 19.1 Å². The predicted octanol–water partition coefficient (Wildman–Crippen LogP) is 3.30. The maximum absolute atomic E-state index is 12.3. The van der Waals surface area contributed by atoms with Crippen LogP contribution in [0.5, 0.6) is 0 Å². The van der Waals surface area contributed by atoms with E-state index in [2.05, 4.69) is 41.6 Å². The number of aromatic nitrogens is 1. The lowest BCUT2D eigenvalue weighted by Gasteiger charge is -2.10. The molecule has 20 heavy (non-hydrogen) atoms. The highest BCUT2D eigenvalue weighted by atomic mass is 79.9. The first-order valence-electron chi connectivity index (χ1n) is 5.49. The lowest BCUT2D eigenvalue weighted by Crippen LogP contribution is -2.15. The van der Waals surface area contributed by atoms with E-state index in [0.29, 0.717) is 15.7 Å². The summed E-state index contributed by atoms with van der Waals surface area (Å²) >= 11 is 6.50. The molecule has 1 aromatic heterocycles. The zero-order valence-corrected chi connectivity index (χ0v) is 14.4. The van der Waals surface area contributed by atoms with Crippen molar-refractivity contribution >= 4 is 53.4 Å². The van der Waals surface area contributed by atoms with Crippen LogP contribution >= 0.6 is 31.9 Å². The van der Waals surface area contributed by atoms with Gasteiger partial charge in [-0.2, -0.15) is 0 Å². The van der Waals surface area contributed by atoms with Gasteiger partial charge in [-0.05, 0) is 68.6 Å². The van der Waals surface area contributed by atoms with Gasteiger partial charge in [0.25, 0.3) is 10.0 Å². The number of halogens is 2. The summed E-state index contributed by atoms with van der Waals surface area (Å²) in [6.45, 7) is 1.77. The SMILES string of the molecule is Cc1cc(Br)cnc1NS(=O)(=O)c1ccc(Br)c(N)c1. The summed E-state index contributed by atoms with van der Waals surface area (Å²) < 4.78 is 28.4. The molecule has 3 N–H and O–H groups in total. The normalized spacial score (nSPS) is 11.3. The molecule has 2 rings (SSSR count). The molecule has 0 bridgehead atoms. The number of nitrogen functional groups attached to an aromatic ring is 1. The van der Waals surface area contributed by atoms with Crippen molar-refractivity contribution in [2.75, 3.05) is 10.5 Å². The molecule has 0 amide bonds. The lowest BCUT2D eigenvalue weighted by molar-refractivity contribution is 0.601. The third-order valence-electron chi connectivity index (χ3n) is 2.55. The second-order valence-electron chi connectivity index (χ2n) is 4.11. The van der Waals surface area contributed by atoms with Gasteiger partial charge in [-0.3, -0.25) is 4.72 Å². The minimum Gasteiger partial charge on any atom is -0.398 e. The van der Waals surface area contributed by atoms with Gasteiger partial charge >= 0.3 is 0 Å². The summed E-state index contributed by atoms with van der Waals surface area (Å²) in [7, 11) is -3.72. The average molecular weight is 421 g/mol. The van der Waals surface area contributed by atoms with Crippen molar-refractivity contribution in [2.45, 2.75) is 11.8 Å². The molecular formula is C12H11Br2N3O2S. The minimum atomic E-state index is -3.72. The standard InChI is InChI=1S/C12H11Br2N3O2S/c1-7-4-8(13)6-16-12(7)17-20(18,19)9-2-3-10(14)11(15)5-9/h2-6H,15H2,1H3,(H,16,17). The predicted molar refractivity (Wildman–Crippen MR) is 86.0 cm³/mol. The number of anilines is 2. The maximum atomic E-state index is 12.3. The Kier molecular flexibility index (Phi) is 4.36. The van der Waals surface area contributed by atoms with E-state index in [1.807, 2.05) is 0 Å². The molecule has 106 valence electrons. The molecule has 0 fully saturated rings. The van der Waals surface area contributed by atoms with Gasteiger partial charge < -0.3 is 5.73 Å². The van der Waals surface area contributed by atoms with Crippen molar-refractivity contribution in [3.8, 4) is 0 Å². The van der Waals surface area contributed by atoms with Crippen molar-refractivity contribution in [3.05, 3.63) is 45.0 Å². The van der Waals surface area contributed by atoms with Gasteiger partial charge in [0.2, 0.25) is 0 Å². The molecule has 5 nitrogen and oxygen atoms in total. The summed E-state index contributed by atoms with van der Waals surface area (Å²) in [5.41, 5.74) is 6.77. The monoisotopic (exact) mass is 419 g/mol. The fraction of sp³-hybridized carbons (Fsp3) is 0.0833. The molecule has 0 saturated heterocycles. The van der Waals surface area contributed by atoms with Crippen LogP contribution in [0.2, 0.25) is 0 Å². The van der Waals surface area contributed by atoms with E-state index >= 15 is 0 Å². The van der Waals surface area contributed by atoms with E-state index in [1.165, 1.54) is 18.3 Å². The molecule has 0 aliphatic rings. The van der Waals surface area contributed by atoms with Gasteiger partial charge in [0.1, 0.15) is 5.82 Å². The molecule has 1 aromatic carbocycles. The minimum absolute atomic E-state index is 0.0855. The molecule has 1 heterocycles. The number of rotatable bonds is 3. The molecule has 0 aliphatic carbocycles. The Bertz CT molecular complexity index is 763. The Balaban J connectivity index is 2.38. The zero-order valence-electron chi connectivity index (χ0n) is 10.4. The highest BCUT2D eigenvalue weighted by molar-refractivity contribution is 9.10. The van der Waals surface area contributed by atoms with Crippen molar-refractivity contribution in [3.63, 3.8) is 0 Å². The van der Waals surface area contributed by atoms with Gasteiger partial charge in [-0.25, -0.2) is 13.4 Å². The molecule has 0 unspecified atom stereocenters. The summed E-state index contributed by atoms with van der Waals surface area (Å²) in [4.78, 5) is 4.14. The molecule has 0 aliphatic heterocycles. The Labute approximate surface area is 133 Å². The zero-order chi connectivity index (χ0) is 14.9. The van der Waals surface area contributed by atoms with Crippen molar-refractivity contribution in [1.82, 2.24) is 4.98 Å². The quantitative estimate of drug-likeness (QED) is 0.746. The van der Waals surface area contributed by atoms with Crippen LogP contribution in [0.3, 0.4) is 0 Å². The topological polar surface area (TPSA) is 85.1 Å². The highest BCUT2D eigenvalue weighted by Crippen LogP contribution is 2.25. The molecule has 0 spiro atoms. The number of nitrogens with two attached hydrogens (primary N) is 1. The lowest BCUT2D eigenvalue weighted by atomic mass is 10.3. The fourth-order valence-electron chi connectivity index (χ4n) is 1.52. The average Bonchev–Trinajstić information content (AvgIpc) is 2.36. The molecule has 0 radical (unpaired) electrons. The van der Waals surface area contributed by atoms with Crippen LogP contribution in [0.25, 0.3) is 0 Å². The van der Waals surface area contributed by atoms with Gasteiger partial charge in [-0.1, -0.05) is 0 Å². The van der Waals surface area contributed by atoms with Crippen molar-refractivity contribution in [1.29, 1.82) is 0 Å². The Morgan fingerprint density at radius 1 is 1.25 bits per heavy atom. The molecular weight excluding hydrogens is 410 g/mol. The number of benzene rings is 1. The number of hydrogen-bond acceptors (Lipinski definition) is 4. The van der Waals surface area contributed by atoms with Crippen LogP contribution in [0.1, 0.15) is 5.56 Å². The number of hydrogen-bond donors (Lipinski definition) is 2. The Hall–Kier alpha value is -1.12. The van der Waals surface area contributed by atoms with Gasteiger partial charge in [-0.15, -0.1) is 0 Å². The van der Waals surface area contributed by atoms with Crippen molar-refractivity contribution < 1.29 is 8.42 Å². The number of nitrogens with zero attached hydrogens (tertiary/aromatic N) is 1. The third kappa shape index (κ3) is 3.31. The van der Waals surface area contributed by atoms with Crippen LogP contribution in [0.4, 0.5) is 11.5 Å². The van der Waals surface area contributed by atoms with E-state index in [-0.39, 0.29) is 10.7 Å².